The van der Waals surface area contributed by atoms with Crippen molar-refractivity contribution in [1.29, 1.82) is 0 Å². The summed E-state index contributed by atoms with van der Waals surface area (Å²) < 4.78 is 25.3. The van der Waals surface area contributed by atoms with Crippen LogP contribution in [0.3, 0.4) is 0 Å². The molecule has 1 aromatic heterocycles. The molecule has 1 aromatic rings. The first-order chi connectivity index (χ1) is 6.56. The van der Waals surface area contributed by atoms with Crippen LogP contribution >= 0.6 is 0 Å². The number of H-pyrrole nitrogens is 1. The fourth-order valence-electron chi connectivity index (χ4n) is 0.787. The second-order valence-electron chi connectivity index (χ2n) is 3.06. The first kappa shape index (κ1) is 11.2. The smallest absolute Gasteiger partial charge is 0.257 e. The molecule has 14 heavy (non-hydrogen) atoms. The van der Waals surface area contributed by atoms with Gasteiger partial charge in [0.25, 0.3) is 10.0 Å². The predicted molar refractivity (Wildman–Crippen MR) is 50.0 cm³/mol. The Balaban J connectivity index is 2.60. The van der Waals surface area contributed by atoms with Crippen LogP contribution in [0.4, 0.5) is 0 Å². The third-order valence-electron chi connectivity index (χ3n) is 1.70. The van der Waals surface area contributed by atoms with E-state index in [0.717, 1.165) is 0 Å². The van der Waals surface area contributed by atoms with Gasteiger partial charge < -0.3 is 5.11 Å². The Hall–Kier alpha value is -0.920. The minimum atomic E-state index is -3.50. The Morgan fingerprint density at radius 2 is 2.43 bits per heavy atom. The van der Waals surface area contributed by atoms with Crippen molar-refractivity contribution in [2.45, 2.75) is 11.9 Å². The summed E-state index contributed by atoms with van der Waals surface area (Å²) in [5.41, 5.74) is 0. The third kappa shape index (κ3) is 2.79. The number of rotatable bonds is 5. The van der Waals surface area contributed by atoms with Gasteiger partial charge in [0.1, 0.15) is 0 Å². The molecule has 0 fully saturated rings. The van der Waals surface area contributed by atoms with Crippen LogP contribution in [0.15, 0.2) is 17.3 Å². The minimum absolute atomic E-state index is 0.0302. The summed E-state index contributed by atoms with van der Waals surface area (Å²) >= 11 is 0. The zero-order chi connectivity index (χ0) is 10.6. The molecule has 1 rings (SSSR count). The Morgan fingerprint density at radius 1 is 1.71 bits per heavy atom. The van der Waals surface area contributed by atoms with E-state index in [1.807, 2.05) is 0 Å². The van der Waals surface area contributed by atoms with Gasteiger partial charge in [0, 0.05) is 13.2 Å². The molecule has 0 aliphatic rings. The standard InChI is InChI=1S/C7H13N3O3S/c1-6(5-11)4-9-14(12,13)7-2-3-8-10-7/h2-3,6,9,11H,4-5H2,1H3,(H,8,10). The molecule has 0 saturated heterocycles. The number of nitrogens with zero attached hydrogens (tertiary/aromatic N) is 1. The molecule has 0 aliphatic carbocycles. The maximum absolute atomic E-state index is 11.4. The van der Waals surface area contributed by atoms with E-state index < -0.39 is 10.0 Å². The van der Waals surface area contributed by atoms with Gasteiger partial charge in [-0.1, -0.05) is 6.92 Å². The number of hydrogen-bond donors (Lipinski definition) is 3. The molecule has 0 aliphatic heterocycles. The first-order valence-corrected chi connectivity index (χ1v) is 5.64. The number of hydrogen-bond acceptors (Lipinski definition) is 4. The molecule has 1 unspecified atom stereocenters. The number of aliphatic hydroxyl groups is 1. The lowest BCUT2D eigenvalue weighted by molar-refractivity contribution is 0.238. The van der Waals surface area contributed by atoms with E-state index in [-0.39, 0.29) is 24.1 Å². The fraction of sp³-hybridized carbons (Fsp3) is 0.571. The van der Waals surface area contributed by atoms with Crippen LogP contribution in [0.25, 0.3) is 0 Å². The van der Waals surface area contributed by atoms with E-state index in [0.29, 0.717) is 0 Å². The highest BCUT2D eigenvalue weighted by atomic mass is 32.2. The maximum Gasteiger partial charge on any atom is 0.257 e. The molecule has 1 heterocycles. The van der Waals surface area contributed by atoms with Crippen LogP contribution in [0.1, 0.15) is 6.92 Å². The van der Waals surface area contributed by atoms with Crippen molar-refractivity contribution >= 4 is 10.0 Å². The van der Waals surface area contributed by atoms with Crippen LogP contribution < -0.4 is 4.72 Å². The predicted octanol–water partition coefficient (Wildman–Crippen LogP) is -0.684. The van der Waals surface area contributed by atoms with Crippen molar-refractivity contribution in [3.05, 3.63) is 12.3 Å². The molecule has 0 saturated carbocycles. The monoisotopic (exact) mass is 219 g/mol. The number of aromatic amines is 1. The second-order valence-corrected chi connectivity index (χ2v) is 4.80. The number of sulfonamides is 1. The van der Waals surface area contributed by atoms with E-state index in [9.17, 15) is 8.42 Å². The second kappa shape index (κ2) is 4.54. The number of aromatic nitrogens is 2. The lowest BCUT2D eigenvalue weighted by Gasteiger charge is -2.08. The van der Waals surface area contributed by atoms with E-state index in [1.165, 1.54) is 12.3 Å². The van der Waals surface area contributed by atoms with Crippen molar-refractivity contribution < 1.29 is 13.5 Å². The molecule has 0 aromatic carbocycles. The molecule has 80 valence electrons. The number of nitrogens with one attached hydrogen (secondary N) is 2. The number of aliphatic hydroxyl groups excluding tert-OH is 1. The Labute approximate surface area is 82.4 Å². The zero-order valence-corrected chi connectivity index (χ0v) is 8.58. The molecule has 1 atom stereocenters. The van der Waals surface area contributed by atoms with Crippen LogP contribution in [-0.2, 0) is 10.0 Å². The molecule has 0 radical (unpaired) electrons. The molecular formula is C7H13N3O3S. The van der Waals surface area contributed by atoms with Gasteiger partial charge in [-0.2, -0.15) is 5.10 Å². The zero-order valence-electron chi connectivity index (χ0n) is 7.77. The highest BCUT2D eigenvalue weighted by Gasteiger charge is 2.15. The van der Waals surface area contributed by atoms with Crippen molar-refractivity contribution in [2.75, 3.05) is 13.2 Å². The molecule has 6 nitrogen and oxygen atoms in total. The SMILES string of the molecule is CC(CO)CNS(=O)(=O)c1ccn[nH]1. The highest BCUT2D eigenvalue weighted by Crippen LogP contribution is 2.02. The van der Waals surface area contributed by atoms with E-state index >= 15 is 0 Å². The van der Waals surface area contributed by atoms with Crippen LogP contribution in [0.5, 0.6) is 0 Å². The summed E-state index contributed by atoms with van der Waals surface area (Å²) in [4.78, 5) is 0. The minimum Gasteiger partial charge on any atom is -0.396 e. The average Bonchev–Trinajstić information content (AvgIpc) is 2.67. The molecule has 7 heteroatoms. The van der Waals surface area contributed by atoms with Crippen LogP contribution in [-0.4, -0.2) is 36.9 Å². The molecular weight excluding hydrogens is 206 g/mol. The molecule has 0 amide bonds. The van der Waals surface area contributed by atoms with E-state index in [4.69, 9.17) is 5.11 Å². The van der Waals surface area contributed by atoms with Gasteiger partial charge in [0.2, 0.25) is 0 Å². The van der Waals surface area contributed by atoms with Gasteiger partial charge in [0.05, 0.1) is 6.20 Å². The molecule has 0 bridgehead atoms. The van der Waals surface area contributed by atoms with Crippen molar-refractivity contribution in [2.24, 2.45) is 5.92 Å². The third-order valence-corrected chi connectivity index (χ3v) is 3.05. The lowest BCUT2D eigenvalue weighted by Crippen LogP contribution is -2.29. The van der Waals surface area contributed by atoms with Gasteiger partial charge in [-0.05, 0) is 12.0 Å². The summed E-state index contributed by atoms with van der Waals surface area (Å²) in [6, 6.07) is 1.37. The van der Waals surface area contributed by atoms with Crippen molar-refractivity contribution in [3.8, 4) is 0 Å². The van der Waals surface area contributed by atoms with Crippen molar-refractivity contribution in [3.63, 3.8) is 0 Å². The molecule has 0 spiro atoms. The van der Waals surface area contributed by atoms with E-state index in [1.54, 1.807) is 6.92 Å². The first-order valence-electron chi connectivity index (χ1n) is 4.16. The van der Waals surface area contributed by atoms with Gasteiger partial charge >= 0.3 is 0 Å². The van der Waals surface area contributed by atoms with Crippen LogP contribution in [0.2, 0.25) is 0 Å². The van der Waals surface area contributed by atoms with E-state index in [2.05, 4.69) is 14.9 Å². The summed E-state index contributed by atoms with van der Waals surface area (Å²) in [6.45, 7) is 1.90. The normalized spacial score (nSPS) is 14.1. The van der Waals surface area contributed by atoms with Gasteiger partial charge in [-0.25, -0.2) is 13.1 Å². The molecule has 3 N–H and O–H groups in total. The average molecular weight is 219 g/mol. The van der Waals surface area contributed by atoms with Gasteiger partial charge in [-0.15, -0.1) is 0 Å². The largest absolute Gasteiger partial charge is 0.396 e. The van der Waals surface area contributed by atoms with Gasteiger partial charge in [-0.3, -0.25) is 5.10 Å². The maximum atomic E-state index is 11.4. The lowest BCUT2D eigenvalue weighted by atomic mass is 10.2. The Kier molecular flexibility index (Phi) is 3.62. The Bertz CT molecular complexity index is 360. The topological polar surface area (TPSA) is 95.1 Å². The summed E-state index contributed by atoms with van der Waals surface area (Å²) in [5, 5.41) is 14.6. The summed E-state index contributed by atoms with van der Waals surface area (Å²) in [7, 11) is -3.50. The highest BCUT2D eigenvalue weighted by molar-refractivity contribution is 7.89. The van der Waals surface area contributed by atoms with Crippen LogP contribution in [0, 0.1) is 5.92 Å². The quantitative estimate of drug-likeness (QED) is 0.611. The fourth-order valence-corrected chi connectivity index (χ4v) is 1.86. The summed E-state index contributed by atoms with van der Waals surface area (Å²) in [6.07, 6.45) is 1.37. The Morgan fingerprint density at radius 3 is 2.93 bits per heavy atom. The van der Waals surface area contributed by atoms with Gasteiger partial charge in [0.15, 0.2) is 5.03 Å². The van der Waals surface area contributed by atoms with Crippen molar-refractivity contribution in [1.82, 2.24) is 14.9 Å². The summed E-state index contributed by atoms with van der Waals surface area (Å²) in [5.74, 6) is -0.104.